The third-order valence-electron chi connectivity index (χ3n) is 11.0. The van der Waals surface area contributed by atoms with Crippen LogP contribution in [-0.4, -0.2) is 70.0 Å². The molecule has 0 fully saturated rings. The fraction of sp³-hybridized carbons (Fsp3) is 0.918. The number of carbonyl (C=O) groups is 2. The van der Waals surface area contributed by atoms with E-state index < -0.39 is 26.5 Å². The van der Waals surface area contributed by atoms with Gasteiger partial charge in [0, 0.05) is 12.8 Å². The Kier molecular flexibility index (Phi) is 41.2. The number of nitrogens with zero attached hydrogens (tertiary/aromatic N) is 1. The molecule has 0 aliphatic rings. The first-order valence-corrected chi connectivity index (χ1v) is 26.4. The Hall–Kier alpha value is -1.25. The van der Waals surface area contributed by atoms with Gasteiger partial charge in [0.1, 0.15) is 19.8 Å². The van der Waals surface area contributed by atoms with Crippen LogP contribution in [-0.2, 0) is 32.7 Å². The van der Waals surface area contributed by atoms with E-state index in [2.05, 4.69) is 26.0 Å². The lowest BCUT2D eigenvalue weighted by atomic mass is 10.0. The van der Waals surface area contributed by atoms with Gasteiger partial charge >= 0.3 is 11.9 Å². The van der Waals surface area contributed by atoms with Crippen LogP contribution in [0.25, 0.3) is 0 Å². The van der Waals surface area contributed by atoms with Crippen molar-refractivity contribution in [3.63, 3.8) is 0 Å². The van der Waals surface area contributed by atoms with Gasteiger partial charge in [0.2, 0.25) is 0 Å². The summed E-state index contributed by atoms with van der Waals surface area (Å²) in [6, 6.07) is 0. The van der Waals surface area contributed by atoms with Crippen molar-refractivity contribution in [3.8, 4) is 0 Å². The molecule has 0 aromatic heterocycles. The smallest absolute Gasteiger partial charge is 0.306 e. The zero-order valence-electron chi connectivity index (χ0n) is 39.5. The second-order valence-corrected chi connectivity index (χ2v) is 19.6. The van der Waals surface area contributed by atoms with Gasteiger partial charge in [-0.15, -0.1) is 0 Å². The zero-order chi connectivity index (χ0) is 43.6. The maximum Gasteiger partial charge on any atom is 0.306 e. The zero-order valence-corrected chi connectivity index (χ0v) is 40.4. The van der Waals surface area contributed by atoms with Gasteiger partial charge < -0.3 is 27.9 Å². The summed E-state index contributed by atoms with van der Waals surface area (Å²) in [5.74, 6) is -0.827. The van der Waals surface area contributed by atoms with Crippen LogP contribution in [0, 0.1) is 0 Å². The van der Waals surface area contributed by atoms with E-state index in [1.54, 1.807) is 0 Å². The van der Waals surface area contributed by atoms with E-state index in [9.17, 15) is 19.0 Å². The van der Waals surface area contributed by atoms with E-state index in [0.29, 0.717) is 17.4 Å². The van der Waals surface area contributed by atoms with Crippen LogP contribution >= 0.6 is 7.82 Å². The molecule has 0 aromatic rings. The van der Waals surface area contributed by atoms with Crippen molar-refractivity contribution in [2.45, 2.75) is 245 Å². The number of esters is 2. The molecule has 2 atom stereocenters. The molecule has 0 amide bonds. The van der Waals surface area contributed by atoms with Gasteiger partial charge in [-0.25, -0.2) is 0 Å². The Labute approximate surface area is 365 Å². The number of hydrogen-bond donors (Lipinski definition) is 0. The molecular weight excluding hydrogens is 762 g/mol. The summed E-state index contributed by atoms with van der Waals surface area (Å²) < 4.78 is 33.9. The summed E-state index contributed by atoms with van der Waals surface area (Å²) in [5.41, 5.74) is 0. The van der Waals surface area contributed by atoms with Crippen molar-refractivity contribution in [1.82, 2.24) is 0 Å². The number of quaternary nitrogens is 1. The topological polar surface area (TPSA) is 111 Å². The molecule has 0 saturated heterocycles. The second kappa shape index (κ2) is 42.1. The highest BCUT2D eigenvalue weighted by Crippen LogP contribution is 2.38. The highest BCUT2D eigenvalue weighted by Gasteiger charge is 2.21. The van der Waals surface area contributed by atoms with Crippen molar-refractivity contribution in [2.75, 3.05) is 47.5 Å². The standard InChI is InChI=1S/C49H96NO8P/c1-6-8-10-12-14-16-17-18-19-20-21-22-23-24-25-26-27-28-29-30-31-32-33-34-36-38-40-42-49(52)58-47(46-57-59(53,54)56-44-43-50(3,4)5)45-55-48(51)41-39-37-35-15-13-11-9-7-2/h20-21,47H,6-19,22-46H2,1-5H3/b21-20-. The summed E-state index contributed by atoms with van der Waals surface area (Å²) in [4.78, 5) is 37.4. The molecule has 0 saturated carbocycles. The fourth-order valence-corrected chi connectivity index (χ4v) is 7.85. The Morgan fingerprint density at radius 2 is 0.864 bits per heavy atom. The average molecular weight is 858 g/mol. The Morgan fingerprint density at radius 1 is 0.508 bits per heavy atom. The first-order chi connectivity index (χ1) is 28.5. The molecule has 0 aromatic carbocycles. The summed E-state index contributed by atoms with van der Waals surface area (Å²) in [5, 5.41) is 0. The fourth-order valence-electron chi connectivity index (χ4n) is 7.12. The molecule has 0 aliphatic carbocycles. The van der Waals surface area contributed by atoms with Crippen LogP contribution in [0.5, 0.6) is 0 Å². The van der Waals surface area contributed by atoms with E-state index >= 15 is 0 Å². The van der Waals surface area contributed by atoms with Crippen molar-refractivity contribution in [1.29, 1.82) is 0 Å². The molecule has 10 heteroatoms. The van der Waals surface area contributed by atoms with E-state index in [1.165, 1.54) is 173 Å². The lowest BCUT2D eigenvalue weighted by molar-refractivity contribution is -0.870. The van der Waals surface area contributed by atoms with Gasteiger partial charge in [0.25, 0.3) is 7.82 Å². The quantitative estimate of drug-likeness (QED) is 0.0196. The molecule has 0 aliphatic heterocycles. The lowest BCUT2D eigenvalue weighted by Gasteiger charge is -2.28. The number of likely N-dealkylation sites (N-methyl/N-ethyl adjacent to an activating group) is 1. The predicted octanol–water partition coefficient (Wildman–Crippen LogP) is 13.9. The van der Waals surface area contributed by atoms with E-state index in [1.807, 2.05) is 21.1 Å². The van der Waals surface area contributed by atoms with Gasteiger partial charge in [0.05, 0.1) is 27.7 Å². The van der Waals surface area contributed by atoms with Gasteiger partial charge in [-0.2, -0.15) is 0 Å². The monoisotopic (exact) mass is 858 g/mol. The van der Waals surface area contributed by atoms with E-state index in [4.69, 9.17) is 18.5 Å². The summed E-state index contributed by atoms with van der Waals surface area (Å²) in [6.45, 7) is 4.22. The first-order valence-electron chi connectivity index (χ1n) is 24.9. The molecule has 2 unspecified atom stereocenters. The Balaban J connectivity index is 4.02. The molecule has 0 N–H and O–H groups in total. The number of phosphoric acid groups is 1. The van der Waals surface area contributed by atoms with Crippen LogP contribution in [0.3, 0.4) is 0 Å². The summed E-state index contributed by atoms with van der Waals surface area (Å²) in [7, 11) is 1.18. The molecule has 0 spiro atoms. The number of phosphoric ester groups is 1. The van der Waals surface area contributed by atoms with Crippen LogP contribution < -0.4 is 4.89 Å². The van der Waals surface area contributed by atoms with Crippen molar-refractivity contribution >= 4 is 19.8 Å². The van der Waals surface area contributed by atoms with Gasteiger partial charge in [0.15, 0.2) is 6.10 Å². The lowest BCUT2D eigenvalue weighted by Crippen LogP contribution is -2.37. The maximum absolute atomic E-state index is 12.7. The minimum Gasteiger partial charge on any atom is -0.756 e. The van der Waals surface area contributed by atoms with Crippen molar-refractivity contribution in [3.05, 3.63) is 12.2 Å². The number of hydrogen-bond acceptors (Lipinski definition) is 8. The van der Waals surface area contributed by atoms with Gasteiger partial charge in [-0.3, -0.25) is 14.2 Å². The average Bonchev–Trinajstić information content (AvgIpc) is 3.19. The van der Waals surface area contributed by atoms with Crippen LogP contribution in [0.4, 0.5) is 0 Å². The first kappa shape index (κ1) is 57.8. The van der Waals surface area contributed by atoms with Crippen LogP contribution in [0.1, 0.15) is 239 Å². The molecule has 350 valence electrons. The molecule has 59 heavy (non-hydrogen) atoms. The molecule has 9 nitrogen and oxygen atoms in total. The third-order valence-corrected chi connectivity index (χ3v) is 12.0. The Morgan fingerprint density at radius 3 is 1.25 bits per heavy atom. The highest BCUT2D eigenvalue weighted by molar-refractivity contribution is 7.45. The van der Waals surface area contributed by atoms with E-state index in [0.717, 1.165) is 32.1 Å². The van der Waals surface area contributed by atoms with Gasteiger partial charge in [-0.05, 0) is 38.5 Å². The van der Waals surface area contributed by atoms with Crippen molar-refractivity contribution < 1.29 is 42.1 Å². The molecule has 0 radical (unpaired) electrons. The van der Waals surface area contributed by atoms with Crippen LogP contribution in [0.2, 0.25) is 0 Å². The number of carbonyl (C=O) groups excluding carboxylic acids is 2. The van der Waals surface area contributed by atoms with Crippen molar-refractivity contribution in [2.24, 2.45) is 0 Å². The molecule has 0 bridgehead atoms. The third kappa shape index (κ3) is 46.1. The molecule has 0 heterocycles. The van der Waals surface area contributed by atoms with Gasteiger partial charge in [-0.1, -0.05) is 199 Å². The number of allylic oxidation sites excluding steroid dienone is 2. The molecule has 0 rings (SSSR count). The number of unbranched alkanes of at least 4 members (excludes halogenated alkanes) is 30. The molecular formula is C49H96NO8P. The van der Waals surface area contributed by atoms with Crippen LogP contribution in [0.15, 0.2) is 12.2 Å². The second-order valence-electron chi connectivity index (χ2n) is 18.2. The summed E-state index contributed by atoms with van der Waals surface area (Å²) in [6.07, 6.45) is 45.6. The Bertz CT molecular complexity index is 1020. The predicted molar refractivity (Wildman–Crippen MR) is 245 cm³/mol. The minimum absolute atomic E-state index is 0.0273. The number of rotatable bonds is 46. The highest BCUT2D eigenvalue weighted by atomic mass is 31.2. The normalized spacial score (nSPS) is 13.5. The van der Waals surface area contributed by atoms with E-state index in [-0.39, 0.29) is 32.0 Å². The summed E-state index contributed by atoms with van der Waals surface area (Å²) >= 11 is 0. The SMILES string of the molecule is CCCCCCCCCC/C=C\CCCCCCCCCCCCCCCCCC(=O)OC(COC(=O)CCCCCCCCCC)COP(=O)([O-])OCC[N+](C)(C)C. The number of ether oxygens (including phenoxy) is 2. The largest absolute Gasteiger partial charge is 0.756 e. The minimum atomic E-state index is -4.62. The maximum atomic E-state index is 12.7.